The molecule has 26 heavy (non-hydrogen) atoms. The van der Waals surface area contributed by atoms with Crippen molar-refractivity contribution >= 4 is 49.7 Å². The second-order valence-electron chi connectivity index (χ2n) is 6.49. The molecule has 0 unspecified atom stereocenters. The van der Waals surface area contributed by atoms with Crippen LogP contribution in [0.2, 0.25) is 0 Å². The first-order valence-electron chi connectivity index (χ1n) is 8.62. The van der Waals surface area contributed by atoms with Crippen molar-refractivity contribution in [1.82, 2.24) is 4.98 Å². The summed E-state index contributed by atoms with van der Waals surface area (Å²) in [5, 5.41) is 4.38. The molecule has 0 aliphatic carbocycles. The van der Waals surface area contributed by atoms with Crippen LogP contribution >= 0.6 is 11.3 Å². The SMILES string of the molecule is CN(C(=O)N1CCc2c1ccc1sccc21)c1ccnc2ccccc12. The van der Waals surface area contributed by atoms with Gasteiger partial charge in [-0.1, -0.05) is 18.2 Å². The number of thiophene rings is 1. The molecule has 4 aromatic rings. The number of carbonyl (C=O) groups excluding carboxylic acids is 1. The Kier molecular flexibility index (Phi) is 3.43. The molecule has 3 heterocycles. The summed E-state index contributed by atoms with van der Waals surface area (Å²) < 4.78 is 1.28. The molecule has 5 heteroatoms. The normalized spacial score (nSPS) is 13.3. The lowest BCUT2D eigenvalue weighted by Crippen LogP contribution is -2.40. The fourth-order valence-corrected chi connectivity index (χ4v) is 4.62. The fraction of sp³-hybridized carbons (Fsp3) is 0.143. The van der Waals surface area contributed by atoms with Crippen LogP contribution in [0.1, 0.15) is 5.56 Å². The molecule has 2 amide bonds. The average Bonchev–Trinajstić information content (AvgIpc) is 3.32. The second-order valence-corrected chi connectivity index (χ2v) is 7.43. The Labute approximate surface area is 155 Å². The maximum Gasteiger partial charge on any atom is 0.328 e. The number of fused-ring (bicyclic) bond motifs is 4. The highest BCUT2D eigenvalue weighted by atomic mass is 32.1. The average molecular weight is 359 g/mol. The summed E-state index contributed by atoms with van der Waals surface area (Å²) in [6.45, 7) is 0.719. The van der Waals surface area contributed by atoms with E-state index in [0.717, 1.165) is 35.2 Å². The van der Waals surface area contributed by atoms with Crippen LogP contribution in [0.5, 0.6) is 0 Å². The van der Waals surface area contributed by atoms with Gasteiger partial charge in [0.2, 0.25) is 0 Å². The standard InChI is InChI=1S/C21H17N3OS/c1-23(18-8-11-22-17-5-3-2-4-16(17)18)21(25)24-12-9-14-15-10-13-26-20(15)7-6-19(14)24/h2-8,10-11,13H,9,12H2,1H3. The number of hydrogen-bond donors (Lipinski definition) is 0. The van der Waals surface area contributed by atoms with Gasteiger partial charge in [0.05, 0.1) is 11.2 Å². The zero-order valence-corrected chi connectivity index (χ0v) is 15.2. The zero-order valence-electron chi connectivity index (χ0n) is 14.3. The molecule has 2 aromatic heterocycles. The number of aromatic nitrogens is 1. The molecule has 0 radical (unpaired) electrons. The van der Waals surface area contributed by atoms with Gasteiger partial charge in [0.25, 0.3) is 0 Å². The van der Waals surface area contributed by atoms with Gasteiger partial charge in [0.1, 0.15) is 0 Å². The maximum atomic E-state index is 13.3. The summed E-state index contributed by atoms with van der Waals surface area (Å²) in [4.78, 5) is 21.3. The third kappa shape index (κ3) is 2.21. The summed E-state index contributed by atoms with van der Waals surface area (Å²) >= 11 is 1.75. The first-order chi connectivity index (χ1) is 12.7. The number of para-hydroxylation sites is 1. The van der Waals surface area contributed by atoms with Crippen molar-refractivity contribution in [3.8, 4) is 0 Å². The van der Waals surface area contributed by atoms with E-state index in [0.29, 0.717) is 0 Å². The number of pyridine rings is 1. The lowest BCUT2D eigenvalue weighted by atomic mass is 10.1. The number of anilines is 2. The quantitative estimate of drug-likeness (QED) is 0.476. The van der Waals surface area contributed by atoms with Gasteiger partial charge in [0.15, 0.2) is 0 Å². The van der Waals surface area contributed by atoms with Crippen LogP contribution < -0.4 is 9.80 Å². The minimum atomic E-state index is -0.00492. The summed E-state index contributed by atoms with van der Waals surface area (Å²) in [5.41, 5.74) is 4.09. The Morgan fingerprint density at radius 2 is 2.00 bits per heavy atom. The van der Waals surface area contributed by atoms with Crippen molar-refractivity contribution in [3.63, 3.8) is 0 Å². The molecule has 1 aliphatic heterocycles. The number of benzene rings is 2. The van der Waals surface area contributed by atoms with E-state index in [2.05, 4.69) is 28.6 Å². The first kappa shape index (κ1) is 15.3. The van der Waals surface area contributed by atoms with Crippen molar-refractivity contribution in [3.05, 3.63) is 65.7 Å². The molecule has 128 valence electrons. The topological polar surface area (TPSA) is 36.4 Å². The number of urea groups is 1. The van der Waals surface area contributed by atoms with E-state index in [9.17, 15) is 4.79 Å². The van der Waals surface area contributed by atoms with E-state index in [-0.39, 0.29) is 6.03 Å². The summed E-state index contributed by atoms with van der Waals surface area (Å²) in [5.74, 6) is 0. The lowest BCUT2D eigenvalue weighted by molar-refractivity contribution is 0.253. The Hall–Kier alpha value is -2.92. The molecular weight excluding hydrogens is 342 g/mol. The highest BCUT2D eigenvalue weighted by Crippen LogP contribution is 2.37. The maximum absolute atomic E-state index is 13.3. The van der Waals surface area contributed by atoms with Crippen LogP contribution in [-0.2, 0) is 6.42 Å². The van der Waals surface area contributed by atoms with Gasteiger partial charge in [-0.05, 0) is 53.1 Å². The van der Waals surface area contributed by atoms with Crippen LogP contribution in [0, 0.1) is 0 Å². The van der Waals surface area contributed by atoms with E-state index < -0.39 is 0 Å². The minimum absolute atomic E-state index is 0.00492. The minimum Gasteiger partial charge on any atom is -0.296 e. The number of carbonyl (C=O) groups is 1. The molecule has 0 saturated carbocycles. The van der Waals surface area contributed by atoms with Crippen LogP contribution in [0.4, 0.5) is 16.2 Å². The van der Waals surface area contributed by atoms with E-state index in [1.54, 1.807) is 22.4 Å². The largest absolute Gasteiger partial charge is 0.328 e. The monoisotopic (exact) mass is 359 g/mol. The number of rotatable bonds is 1. The molecule has 4 nitrogen and oxygen atoms in total. The molecule has 0 bridgehead atoms. The molecule has 0 N–H and O–H groups in total. The van der Waals surface area contributed by atoms with E-state index in [1.807, 2.05) is 42.3 Å². The highest BCUT2D eigenvalue weighted by molar-refractivity contribution is 7.17. The Morgan fingerprint density at radius 1 is 1.12 bits per heavy atom. The van der Waals surface area contributed by atoms with E-state index in [4.69, 9.17) is 0 Å². The summed E-state index contributed by atoms with van der Waals surface area (Å²) in [6, 6.07) is 16.2. The Balaban J connectivity index is 1.55. The Bertz CT molecular complexity index is 1150. The van der Waals surface area contributed by atoms with Crippen molar-refractivity contribution in [2.45, 2.75) is 6.42 Å². The third-order valence-electron chi connectivity index (χ3n) is 5.10. The smallest absolute Gasteiger partial charge is 0.296 e. The molecule has 1 aliphatic rings. The number of amides is 2. The molecule has 5 rings (SSSR count). The van der Waals surface area contributed by atoms with Crippen LogP contribution in [0.3, 0.4) is 0 Å². The highest BCUT2D eigenvalue weighted by Gasteiger charge is 2.29. The van der Waals surface area contributed by atoms with Crippen LogP contribution in [-0.4, -0.2) is 24.6 Å². The first-order valence-corrected chi connectivity index (χ1v) is 9.50. The zero-order chi connectivity index (χ0) is 17.7. The van der Waals surface area contributed by atoms with E-state index in [1.165, 1.54) is 15.6 Å². The van der Waals surface area contributed by atoms with Crippen molar-refractivity contribution in [1.29, 1.82) is 0 Å². The predicted octanol–water partition coefficient (Wildman–Crippen LogP) is 5.07. The van der Waals surface area contributed by atoms with E-state index >= 15 is 0 Å². The molecule has 0 atom stereocenters. The van der Waals surface area contributed by atoms with Gasteiger partial charge in [-0.2, -0.15) is 0 Å². The van der Waals surface area contributed by atoms with Crippen molar-refractivity contribution in [2.24, 2.45) is 0 Å². The number of hydrogen-bond acceptors (Lipinski definition) is 3. The van der Waals surface area contributed by atoms with Gasteiger partial charge >= 0.3 is 6.03 Å². The predicted molar refractivity (Wildman–Crippen MR) is 108 cm³/mol. The Morgan fingerprint density at radius 3 is 2.92 bits per heavy atom. The van der Waals surface area contributed by atoms with Crippen LogP contribution in [0.15, 0.2) is 60.1 Å². The lowest BCUT2D eigenvalue weighted by Gasteiger charge is -2.26. The summed E-state index contributed by atoms with van der Waals surface area (Å²) in [6.07, 6.45) is 2.66. The molecular formula is C21H17N3OS. The van der Waals surface area contributed by atoms with Crippen molar-refractivity contribution in [2.75, 3.05) is 23.4 Å². The molecule has 2 aromatic carbocycles. The molecule has 0 fully saturated rings. The van der Waals surface area contributed by atoms with Gasteiger partial charge in [-0.3, -0.25) is 14.8 Å². The van der Waals surface area contributed by atoms with Gasteiger partial charge < -0.3 is 0 Å². The molecule has 0 saturated heterocycles. The second kappa shape index (κ2) is 5.81. The third-order valence-corrected chi connectivity index (χ3v) is 5.99. The van der Waals surface area contributed by atoms with Crippen molar-refractivity contribution < 1.29 is 4.79 Å². The van der Waals surface area contributed by atoms with Gasteiger partial charge in [0, 0.05) is 35.6 Å². The summed E-state index contributed by atoms with van der Waals surface area (Å²) in [7, 11) is 1.84. The number of nitrogens with zero attached hydrogens (tertiary/aromatic N) is 3. The fourth-order valence-electron chi connectivity index (χ4n) is 3.81. The molecule has 0 spiro atoms. The van der Waals surface area contributed by atoms with Crippen LogP contribution in [0.25, 0.3) is 21.0 Å². The van der Waals surface area contributed by atoms with Gasteiger partial charge in [-0.15, -0.1) is 11.3 Å². The van der Waals surface area contributed by atoms with Gasteiger partial charge in [-0.25, -0.2) is 4.79 Å².